The van der Waals surface area contributed by atoms with E-state index in [-0.39, 0.29) is 16.8 Å². The predicted octanol–water partition coefficient (Wildman–Crippen LogP) is 2.67. The van der Waals surface area contributed by atoms with E-state index in [1.54, 1.807) is 18.2 Å². The molecule has 5 nitrogen and oxygen atoms in total. The molecular weight excluding hydrogens is 275 g/mol. The molecule has 0 unspecified atom stereocenters. The number of amides is 1. The lowest BCUT2D eigenvalue weighted by Gasteiger charge is -2.12. The molecule has 0 radical (unpaired) electrons. The predicted molar refractivity (Wildman–Crippen MR) is 76.3 cm³/mol. The maximum absolute atomic E-state index is 13.9. The van der Waals surface area contributed by atoms with Crippen molar-refractivity contribution in [1.29, 1.82) is 0 Å². The van der Waals surface area contributed by atoms with Gasteiger partial charge in [0, 0.05) is 0 Å². The van der Waals surface area contributed by atoms with E-state index < -0.39 is 17.7 Å². The van der Waals surface area contributed by atoms with Crippen molar-refractivity contribution in [2.45, 2.75) is 6.92 Å². The van der Waals surface area contributed by atoms with Gasteiger partial charge in [0.1, 0.15) is 5.82 Å². The molecule has 0 saturated carbocycles. The Morgan fingerprint density at radius 2 is 1.86 bits per heavy atom. The maximum Gasteiger partial charge on any atom is 0.335 e. The van der Waals surface area contributed by atoms with E-state index in [0.29, 0.717) is 5.69 Å². The molecule has 0 fully saturated rings. The van der Waals surface area contributed by atoms with E-state index in [9.17, 15) is 14.0 Å². The van der Waals surface area contributed by atoms with Gasteiger partial charge >= 0.3 is 5.97 Å². The van der Waals surface area contributed by atoms with Crippen LogP contribution >= 0.6 is 0 Å². The minimum atomic E-state index is -1.21. The summed E-state index contributed by atoms with van der Waals surface area (Å²) >= 11 is 0. The largest absolute Gasteiger partial charge is 0.478 e. The van der Waals surface area contributed by atoms with Crippen LogP contribution in [0.5, 0.6) is 0 Å². The van der Waals surface area contributed by atoms with E-state index in [1.807, 2.05) is 6.92 Å². The number of hydrogen-bond acceptors (Lipinski definition) is 3. The summed E-state index contributed by atoms with van der Waals surface area (Å²) in [6, 6.07) is 8.40. The molecule has 0 heterocycles. The van der Waals surface area contributed by atoms with E-state index in [1.165, 1.54) is 12.1 Å². The lowest BCUT2D eigenvalue weighted by atomic mass is 10.1. The molecule has 0 aliphatic rings. The number of aryl methyl sites for hydroxylation is 1. The van der Waals surface area contributed by atoms with Crippen LogP contribution in [0.25, 0.3) is 0 Å². The lowest BCUT2D eigenvalue weighted by molar-refractivity contribution is 0.0696. The molecule has 0 aliphatic heterocycles. The summed E-state index contributed by atoms with van der Waals surface area (Å²) in [5, 5.41) is 11.6. The summed E-state index contributed by atoms with van der Waals surface area (Å²) in [5.74, 6) is -2.58. The van der Waals surface area contributed by atoms with Gasteiger partial charge in [0.05, 0.1) is 22.5 Å². The van der Waals surface area contributed by atoms with Gasteiger partial charge in [-0.05, 0) is 42.8 Å². The van der Waals surface area contributed by atoms with Gasteiger partial charge < -0.3 is 16.2 Å². The van der Waals surface area contributed by atoms with Crippen LogP contribution in [0.3, 0.4) is 0 Å². The van der Waals surface area contributed by atoms with Crippen LogP contribution in [0, 0.1) is 12.7 Å². The highest BCUT2D eigenvalue weighted by molar-refractivity contribution is 5.99. The molecule has 2 rings (SSSR count). The molecule has 6 heteroatoms. The Labute approximate surface area is 120 Å². The summed E-state index contributed by atoms with van der Waals surface area (Å²) in [6.45, 7) is 1.82. The number of carboxylic acid groups (broad SMARTS) is 1. The molecule has 0 saturated heterocycles. The van der Waals surface area contributed by atoms with E-state index in [4.69, 9.17) is 10.8 Å². The summed E-state index contributed by atoms with van der Waals surface area (Å²) in [5.41, 5.74) is 6.63. The second-order valence-corrected chi connectivity index (χ2v) is 4.54. The van der Waals surface area contributed by atoms with E-state index in [2.05, 4.69) is 5.32 Å². The van der Waals surface area contributed by atoms with Gasteiger partial charge in [0.15, 0.2) is 0 Å². The first kappa shape index (κ1) is 14.5. The van der Waals surface area contributed by atoms with Crippen molar-refractivity contribution in [1.82, 2.24) is 0 Å². The second-order valence-electron chi connectivity index (χ2n) is 4.54. The summed E-state index contributed by atoms with van der Waals surface area (Å²) < 4.78 is 13.9. The van der Waals surface area contributed by atoms with Crippen molar-refractivity contribution in [3.8, 4) is 0 Å². The number of aromatic carboxylic acids is 1. The van der Waals surface area contributed by atoms with Gasteiger partial charge in [-0.3, -0.25) is 4.79 Å². The Bertz CT molecular complexity index is 729. The van der Waals surface area contributed by atoms with Crippen LogP contribution in [-0.4, -0.2) is 17.0 Å². The van der Waals surface area contributed by atoms with Gasteiger partial charge in [0.25, 0.3) is 5.91 Å². The molecule has 21 heavy (non-hydrogen) atoms. The highest BCUT2D eigenvalue weighted by Crippen LogP contribution is 2.25. The minimum absolute atomic E-state index is 0.0631. The average Bonchev–Trinajstić information content (AvgIpc) is 2.40. The van der Waals surface area contributed by atoms with Crippen LogP contribution in [0.4, 0.5) is 15.8 Å². The van der Waals surface area contributed by atoms with Crippen molar-refractivity contribution in [2.24, 2.45) is 5.73 Å². The fraction of sp³-hybridized carbons (Fsp3) is 0.0667. The summed E-state index contributed by atoms with van der Waals surface area (Å²) in [7, 11) is 0. The number of nitrogens with two attached hydrogens (primary N) is 1. The molecule has 0 atom stereocenters. The third kappa shape index (κ3) is 3.17. The van der Waals surface area contributed by atoms with Crippen molar-refractivity contribution < 1.29 is 19.1 Å². The van der Waals surface area contributed by atoms with E-state index >= 15 is 0 Å². The summed E-state index contributed by atoms with van der Waals surface area (Å²) in [4.78, 5) is 22.1. The van der Waals surface area contributed by atoms with Crippen LogP contribution in [0.2, 0.25) is 0 Å². The lowest BCUT2D eigenvalue weighted by Crippen LogP contribution is -2.13. The molecule has 4 N–H and O–H groups in total. The number of halogens is 1. The van der Waals surface area contributed by atoms with Crippen LogP contribution in [0.15, 0.2) is 36.4 Å². The van der Waals surface area contributed by atoms with Gasteiger partial charge in [-0.1, -0.05) is 6.07 Å². The number of anilines is 2. The average molecular weight is 288 g/mol. The van der Waals surface area contributed by atoms with Gasteiger partial charge in [-0.15, -0.1) is 0 Å². The molecule has 108 valence electrons. The fourth-order valence-electron chi connectivity index (χ4n) is 1.87. The number of primary amides is 1. The van der Waals surface area contributed by atoms with Crippen molar-refractivity contribution in [3.63, 3.8) is 0 Å². The van der Waals surface area contributed by atoms with Crippen molar-refractivity contribution in [2.75, 3.05) is 5.32 Å². The first-order chi connectivity index (χ1) is 9.88. The first-order valence-electron chi connectivity index (χ1n) is 6.09. The SMILES string of the molecule is Cc1ccc(C(N)=O)c(Nc2ccc(C(=O)O)cc2F)c1. The number of nitrogens with one attached hydrogen (secondary N) is 1. The summed E-state index contributed by atoms with van der Waals surface area (Å²) in [6.07, 6.45) is 0. The molecule has 0 aliphatic carbocycles. The Balaban J connectivity index is 2.40. The third-order valence-electron chi connectivity index (χ3n) is 2.93. The number of carbonyl (C=O) groups is 2. The molecule has 1 amide bonds. The van der Waals surface area contributed by atoms with Crippen molar-refractivity contribution >= 4 is 23.3 Å². The first-order valence-corrected chi connectivity index (χ1v) is 6.09. The number of hydrogen-bond donors (Lipinski definition) is 3. The Kier molecular flexibility index (Phi) is 3.89. The van der Waals surface area contributed by atoms with E-state index in [0.717, 1.165) is 11.6 Å². The number of benzene rings is 2. The monoisotopic (exact) mass is 288 g/mol. The van der Waals surface area contributed by atoms with Gasteiger partial charge in [-0.25, -0.2) is 9.18 Å². The highest BCUT2D eigenvalue weighted by atomic mass is 19.1. The zero-order valence-corrected chi connectivity index (χ0v) is 11.2. The molecular formula is C15H13FN2O3. The van der Waals surface area contributed by atoms with Crippen molar-refractivity contribution in [3.05, 3.63) is 58.9 Å². The topological polar surface area (TPSA) is 92.4 Å². The minimum Gasteiger partial charge on any atom is -0.478 e. The maximum atomic E-state index is 13.9. The Morgan fingerprint density at radius 1 is 1.14 bits per heavy atom. The molecule has 0 spiro atoms. The van der Waals surface area contributed by atoms with Crippen LogP contribution in [0.1, 0.15) is 26.3 Å². The zero-order valence-electron chi connectivity index (χ0n) is 11.2. The molecule has 0 aromatic heterocycles. The quantitative estimate of drug-likeness (QED) is 0.806. The standard InChI is InChI=1S/C15H13FN2O3/c1-8-2-4-10(14(17)19)13(6-8)18-12-5-3-9(15(20)21)7-11(12)16/h2-7,18H,1H3,(H2,17,19)(H,20,21). The molecule has 2 aromatic rings. The number of carbonyl (C=O) groups excluding carboxylic acids is 1. The number of carboxylic acids is 1. The smallest absolute Gasteiger partial charge is 0.335 e. The zero-order chi connectivity index (χ0) is 15.6. The highest BCUT2D eigenvalue weighted by Gasteiger charge is 2.12. The third-order valence-corrected chi connectivity index (χ3v) is 2.93. The normalized spacial score (nSPS) is 10.2. The Morgan fingerprint density at radius 3 is 2.43 bits per heavy atom. The van der Waals surface area contributed by atoms with Gasteiger partial charge in [-0.2, -0.15) is 0 Å². The fourth-order valence-corrected chi connectivity index (χ4v) is 1.87. The molecule has 0 bridgehead atoms. The van der Waals surface area contributed by atoms with Crippen LogP contribution < -0.4 is 11.1 Å². The Hall–Kier alpha value is -2.89. The molecule has 2 aromatic carbocycles. The van der Waals surface area contributed by atoms with Crippen LogP contribution in [-0.2, 0) is 0 Å². The number of rotatable bonds is 4. The second kappa shape index (κ2) is 5.62. The van der Waals surface area contributed by atoms with Gasteiger partial charge in [0.2, 0.25) is 0 Å².